The molecule has 0 unspecified atom stereocenters. The van der Waals surface area contributed by atoms with E-state index in [-0.39, 0.29) is 6.04 Å². The predicted molar refractivity (Wildman–Crippen MR) is 109 cm³/mol. The van der Waals surface area contributed by atoms with Crippen LogP contribution in [0.25, 0.3) is 11.2 Å². The van der Waals surface area contributed by atoms with Crippen molar-refractivity contribution >= 4 is 40.2 Å². The Bertz CT molecular complexity index is 966. The summed E-state index contributed by atoms with van der Waals surface area (Å²) in [6, 6.07) is 0.462. The molecule has 1 fully saturated rings. The predicted octanol–water partition coefficient (Wildman–Crippen LogP) is 3.39. The van der Waals surface area contributed by atoms with Crippen LogP contribution in [0.2, 0.25) is 5.15 Å². The van der Waals surface area contributed by atoms with Crippen molar-refractivity contribution in [2.24, 2.45) is 5.92 Å². The molecule has 0 amide bonds. The number of ether oxygens (including phenoxy) is 1. The number of nitrogens with zero attached hydrogens (tertiary/aromatic N) is 6. The summed E-state index contributed by atoms with van der Waals surface area (Å²) in [5.41, 5.74) is 2.08. The Morgan fingerprint density at radius 1 is 1.39 bits per heavy atom. The minimum Gasteiger partial charge on any atom is -0.382 e. The molecule has 0 saturated heterocycles. The van der Waals surface area contributed by atoms with Gasteiger partial charge in [-0.2, -0.15) is 15.1 Å². The molecule has 0 bridgehead atoms. The van der Waals surface area contributed by atoms with E-state index in [2.05, 4.69) is 44.2 Å². The van der Waals surface area contributed by atoms with Crippen molar-refractivity contribution in [1.29, 1.82) is 0 Å². The lowest BCUT2D eigenvalue weighted by atomic mass is 10.2. The maximum absolute atomic E-state index is 6.32. The maximum atomic E-state index is 6.32. The van der Waals surface area contributed by atoms with Crippen LogP contribution in [0.4, 0.5) is 17.5 Å². The Kier molecular flexibility index (Phi) is 5.11. The van der Waals surface area contributed by atoms with Crippen molar-refractivity contribution in [3.63, 3.8) is 0 Å². The Labute approximate surface area is 168 Å². The molecule has 0 aliphatic heterocycles. The second-order valence-electron chi connectivity index (χ2n) is 7.40. The molecule has 10 heteroatoms. The van der Waals surface area contributed by atoms with Gasteiger partial charge in [-0.25, -0.2) is 4.98 Å². The Morgan fingerprint density at radius 2 is 2.18 bits per heavy atom. The Balaban J connectivity index is 1.64. The van der Waals surface area contributed by atoms with Gasteiger partial charge in [-0.05, 0) is 32.6 Å². The number of hydrogen-bond acceptors (Lipinski definition) is 7. The zero-order chi connectivity index (χ0) is 19.8. The van der Waals surface area contributed by atoms with Gasteiger partial charge in [-0.1, -0.05) is 11.6 Å². The molecular formula is C18H25ClN8O. The zero-order valence-electron chi connectivity index (χ0n) is 16.5. The quantitative estimate of drug-likeness (QED) is 0.593. The van der Waals surface area contributed by atoms with E-state index in [1.165, 1.54) is 12.8 Å². The standard InChI is InChI=1S/C18H25ClN8O/c1-10(8-28-4)27-7-13(15(19)25-27)22-18-23-16-14(20-9-21-16)17(24-18)26(3)11(2)12-5-6-12/h7,9-12H,5-6,8H2,1-4H3,(H2,20,21,22,23,24)/t10-,11-/m0/s1. The summed E-state index contributed by atoms with van der Waals surface area (Å²) in [6.45, 7) is 4.78. The average molecular weight is 405 g/mol. The summed E-state index contributed by atoms with van der Waals surface area (Å²) in [6.07, 6.45) is 6.00. The molecule has 2 atom stereocenters. The fraction of sp³-hybridized carbons (Fsp3) is 0.556. The molecule has 1 aliphatic carbocycles. The number of fused-ring (bicyclic) bond motifs is 1. The minimum absolute atomic E-state index is 0.0638. The van der Waals surface area contributed by atoms with E-state index in [4.69, 9.17) is 21.3 Å². The number of H-pyrrole nitrogens is 1. The Hall–Kier alpha value is -2.39. The third-order valence-corrected chi connectivity index (χ3v) is 5.59. The number of hydrogen-bond donors (Lipinski definition) is 2. The van der Waals surface area contributed by atoms with Crippen molar-refractivity contribution in [3.05, 3.63) is 17.7 Å². The van der Waals surface area contributed by atoms with E-state index in [0.29, 0.717) is 41.0 Å². The van der Waals surface area contributed by atoms with Crippen LogP contribution in [0.1, 0.15) is 32.7 Å². The van der Waals surface area contributed by atoms with Crippen LogP contribution in [0.3, 0.4) is 0 Å². The molecule has 0 radical (unpaired) electrons. The summed E-state index contributed by atoms with van der Waals surface area (Å²) in [7, 11) is 3.72. The number of imidazole rings is 1. The van der Waals surface area contributed by atoms with Gasteiger partial charge in [0.25, 0.3) is 0 Å². The van der Waals surface area contributed by atoms with Crippen LogP contribution in [0.5, 0.6) is 0 Å². The van der Waals surface area contributed by atoms with Gasteiger partial charge < -0.3 is 19.9 Å². The third-order valence-electron chi connectivity index (χ3n) is 5.31. The van der Waals surface area contributed by atoms with E-state index >= 15 is 0 Å². The molecule has 4 rings (SSSR count). The lowest BCUT2D eigenvalue weighted by Crippen LogP contribution is -2.31. The van der Waals surface area contributed by atoms with Gasteiger partial charge >= 0.3 is 0 Å². The van der Waals surface area contributed by atoms with Crippen LogP contribution < -0.4 is 10.2 Å². The summed E-state index contributed by atoms with van der Waals surface area (Å²) >= 11 is 6.32. The number of halogens is 1. The van der Waals surface area contributed by atoms with Crippen LogP contribution in [0.15, 0.2) is 12.5 Å². The van der Waals surface area contributed by atoms with Crippen molar-refractivity contribution in [3.8, 4) is 0 Å². The summed E-state index contributed by atoms with van der Waals surface area (Å²) in [5, 5.41) is 7.89. The molecule has 2 N–H and O–H groups in total. The molecule has 9 nitrogen and oxygen atoms in total. The molecule has 1 aliphatic rings. The zero-order valence-corrected chi connectivity index (χ0v) is 17.2. The molecule has 3 aromatic heterocycles. The molecule has 28 heavy (non-hydrogen) atoms. The first-order valence-electron chi connectivity index (χ1n) is 9.42. The molecule has 1 saturated carbocycles. The fourth-order valence-corrected chi connectivity index (χ4v) is 3.52. The molecular weight excluding hydrogens is 380 g/mol. The van der Waals surface area contributed by atoms with Crippen LogP contribution in [-0.2, 0) is 4.74 Å². The van der Waals surface area contributed by atoms with Crippen molar-refractivity contribution in [2.75, 3.05) is 31.0 Å². The number of nitrogens with one attached hydrogen (secondary N) is 2. The van der Waals surface area contributed by atoms with E-state index in [9.17, 15) is 0 Å². The minimum atomic E-state index is 0.0638. The first-order chi connectivity index (χ1) is 13.5. The van der Waals surface area contributed by atoms with E-state index in [0.717, 1.165) is 11.3 Å². The number of aromatic nitrogens is 6. The second-order valence-corrected chi connectivity index (χ2v) is 7.76. The first kappa shape index (κ1) is 18.9. The van der Waals surface area contributed by atoms with Crippen molar-refractivity contribution < 1.29 is 4.74 Å². The largest absolute Gasteiger partial charge is 0.382 e. The highest BCUT2D eigenvalue weighted by Gasteiger charge is 2.32. The van der Waals surface area contributed by atoms with Crippen LogP contribution >= 0.6 is 11.6 Å². The third kappa shape index (κ3) is 3.64. The number of anilines is 3. The number of rotatable bonds is 8. The van der Waals surface area contributed by atoms with Gasteiger partial charge in [-0.3, -0.25) is 4.68 Å². The summed E-state index contributed by atoms with van der Waals surface area (Å²) < 4.78 is 6.95. The van der Waals surface area contributed by atoms with E-state index in [1.807, 2.05) is 13.1 Å². The Morgan fingerprint density at radius 3 is 2.89 bits per heavy atom. The van der Waals surface area contributed by atoms with Gasteiger partial charge in [0, 0.05) is 20.2 Å². The highest BCUT2D eigenvalue weighted by atomic mass is 35.5. The lowest BCUT2D eigenvalue weighted by molar-refractivity contribution is 0.157. The number of aromatic amines is 1. The molecule has 3 aromatic rings. The SMILES string of the molecule is COC[C@H](C)n1cc(Nc2nc(N(C)[C@@H](C)C3CC3)c3[nH]cnc3n2)c(Cl)n1. The van der Waals surface area contributed by atoms with Crippen LogP contribution in [0, 0.1) is 5.92 Å². The molecule has 150 valence electrons. The van der Waals surface area contributed by atoms with Gasteiger partial charge in [0.1, 0.15) is 5.52 Å². The smallest absolute Gasteiger partial charge is 0.231 e. The van der Waals surface area contributed by atoms with Crippen molar-refractivity contribution in [1.82, 2.24) is 29.7 Å². The van der Waals surface area contributed by atoms with Gasteiger partial charge in [0.2, 0.25) is 5.95 Å². The van der Waals surface area contributed by atoms with E-state index in [1.54, 1.807) is 18.1 Å². The van der Waals surface area contributed by atoms with Gasteiger partial charge in [-0.15, -0.1) is 0 Å². The highest BCUT2D eigenvalue weighted by Crippen LogP contribution is 2.37. The van der Waals surface area contributed by atoms with Crippen molar-refractivity contribution in [2.45, 2.75) is 38.8 Å². The van der Waals surface area contributed by atoms with Gasteiger partial charge in [0.15, 0.2) is 16.6 Å². The number of methoxy groups -OCH3 is 1. The topological polar surface area (TPSA) is 96.8 Å². The van der Waals surface area contributed by atoms with Gasteiger partial charge in [0.05, 0.1) is 30.9 Å². The van der Waals surface area contributed by atoms with E-state index < -0.39 is 0 Å². The van der Waals surface area contributed by atoms with Crippen LogP contribution in [-0.4, -0.2) is 56.5 Å². The summed E-state index contributed by atoms with van der Waals surface area (Å²) in [4.78, 5) is 18.9. The maximum Gasteiger partial charge on any atom is 0.231 e. The first-order valence-corrected chi connectivity index (χ1v) is 9.80. The molecule has 0 spiro atoms. The fourth-order valence-electron chi connectivity index (χ4n) is 3.33. The lowest BCUT2D eigenvalue weighted by Gasteiger charge is -2.26. The normalized spacial score (nSPS) is 16.3. The second kappa shape index (κ2) is 7.56. The average Bonchev–Trinajstić information content (AvgIpc) is 3.31. The molecule has 0 aromatic carbocycles. The monoisotopic (exact) mass is 404 g/mol. The summed E-state index contributed by atoms with van der Waals surface area (Å²) in [5.74, 6) is 1.97. The molecule has 3 heterocycles. The highest BCUT2D eigenvalue weighted by molar-refractivity contribution is 6.32.